The van der Waals surface area contributed by atoms with E-state index in [4.69, 9.17) is 0 Å². The van der Waals surface area contributed by atoms with Crippen LogP contribution in [-0.2, 0) is 0 Å². The molecule has 8 nitrogen and oxygen atoms in total. The Morgan fingerprint density at radius 3 is 2.08 bits per heavy atom. The summed E-state index contributed by atoms with van der Waals surface area (Å²) < 4.78 is 0. The maximum Gasteiger partial charge on any atom is 0.277 e. The highest BCUT2D eigenvalue weighted by molar-refractivity contribution is 5.95. The Morgan fingerprint density at radius 2 is 1.68 bits per heavy atom. The zero-order chi connectivity index (χ0) is 18.6. The van der Waals surface area contributed by atoms with Crippen molar-refractivity contribution in [2.24, 2.45) is 16.7 Å². The van der Waals surface area contributed by atoms with E-state index in [2.05, 4.69) is 26.1 Å². The van der Waals surface area contributed by atoms with Crippen LogP contribution < -0.4 is 5.32 Å². The summed E-state index contributed by atoms with van der Waals surface area (Å²) >= 11 is 0. The molecule has 0 spiro atoms. The van der Waals surface area contributed by atoms with Gasteiger partial charge < -0.3 is 5.32 Å². The number of nitrogens with one attached hydrogen (secondary N) is 1. The van der Waals surface area contributed by atoms with E-state index in [1.807, 2.05) is 0 Å². The first-order chi connectivity index (χ1) is 11.6. The molecule has 1 N–H and O–H groups in total. The topological polar surface area (TPSA) is 115 Å². The van der Waals surface area contributed by atoms with E-state index in [1.165, 1.54) is 0 Å². The summed E-state index contributed by atoms with van der Waals surface area (Å²) in [5, 5.41) is 24.9. The van der Waals surface area contributed by atoms with E-state index in [9.17, 15) is 25.0 Å². The smallest absolute Gasteiger partial charge is 0.277 e. The predicted octanol–water partition coefficient (Wildman–Crippen LogP) is 3.45. The minimum absolute atomic E-state index is 0.0351. The molecule has 2 fully saturated rings. The van der Waals surface area contributed by atoms with Gasteiger partial charge in [0.2, 0.25) is 0 Å². The van der Waals surface area contributed by atoms with Crippen LogP contribution in [0, 0.1) is 37.0 Å². The lowest BCUT2D eigenvalue weighted by Crippen LogP contribution is -2.46. The third kappa shape index (κ3) is 2.56. The molecule has 0 aliphatic heterocycles. The van der Waals surface area contributed by atoms with E-state index >= 15 is 0 Å². The molecule has 0 radical (unpaired) electrons. The van der Waals surface area contributed by atoms with Gasteiger partial charge >= 0.3 is 0 Å². The summed E-state index contributed by atoms with van der Waals surface area (Å²) in [6, 6.07) is 3.00. The Hall–Kier alpha value is -2.51. The summed E-state index contributed by atoms with van der Waals surface area (Å²) in [5.74, 6) is 0.0311. The zero-order valence-electron chi connectivity index (χ0n) is 14.4. The molecular formula is C17H21N3O5. The maximum absolute atomic E-state index is 12.6. The van der Waals surface area contributed by atoms with Crippen LogP contribution in [0.2, 0.25) is 0 Å². The lowest BCUT2D eigenvalue weighted by atomic mass is 9.69. The average molecular weight is 347 g/mol. The second kappa shape index (κ2) is 5.50. The number of nitro benzene ring substituents is 2. The number of rotatable bonds is 4. The molecule has 2 saturated carbocycles. The molecule has 2 aliphatic carbocycles. The molecule has 3 rings (SSSR count). The van der Waals surface area contributed by atoms with Crippen LogP contribution in [0.3, 0.4) is 0 Å². The number of benzene rings is 1. The van der Waals surface area contributed by atoms with Gasteiger partial charge in [-0.1, -0.05) is 20.8 Å². The van der Waals surface area contributed by atoms with Gasteiger partial charge in [0.05, 0.1) is 21.5 Å². The molecule has 1 aromatic rings. The van der Waals surface area contributed by atoms with Crippen LogP contribution in [0.4, 0.5) is 11.4 Å². The third-order valence-corrected chi connectivity index (χ3v) is 6.69. The number of non-ortho nitro benzene ring substituents is 2. The maximum atomic E-state index is 12.6. The first-order valence-electron chi connectivity index (χ1n) is 8.31. The van der Waals surface area contributed by atoms with Crippen molar-refractivity contribution in [3.05, 3.63) is 44.0 Å². The highest BCUT2D eigenvalue weighted by atomic mass is 16.6. The minimum Gasteiger partial charge on any atom is -0.349 e. The summed E-state index contributed by atoms with van der Waals surface area (Å²) in [6.07, 6.45) is 3.02. The van der Waals surface area contributed by atoms with Crippen molar-refractivity contribution in [2.75, 3.05) is 0 Å². The van der Waals surface area contributed by atoms with E-state index < -0.39 is 27.1 Å². The molecule has 2 bridgehead atoms. The Morgan fingerprint density at radius 1 is 1.12 bits per heavy atom. The number of amides is 1. The Balaban J connectivity index is 1.87. The SMILES string of the molecule is CC1(C)[C@@H]2CC[C@@]1(C)[C@H](NC(=O)c1cc([N+](=O)[O-])cc([N+](=O)[O-])c1)C2. The summed E-state index contributed by atoms with van der Waals surface area (Å²) in [7, 11) is 0. The van der Waals surface area contributed by atoms with Gasteiger partial charge in [0.1, 0.15) is 0 Å². The summed E-state index contributed by atoms with van der Waals surface area (Å²) in [6.45, 7) is 6.60. The third-order valence-electron chi connectivity index (χ3n) is 6.69. The van der Waals surface area contributed by atoms with Crippen LogP contribution in [-0.4, -0.2) is 21.8 Å². The van der Waals surface area contributed by atoms with Crippen molar-refractivity contribution in [3.63, 3.8) is 0 Å². The van der Waals surface area contributed by atoms with E-state index in [0.29, 0.717) is 5.92 Å². The Kier molecular flexibility index (Phi) is 3.81. The number of hydrogen-bond acceptors (Lipinski definition) is 5. The van der Waals surface area contributed by atoms with Crippen LogP contribution in [0.15, 0.2) is 18.2 Å². The zero-order valence-corrected chi connectivity index (χ0v) is 14.4. The van der Waals surface area contributed by atoms with Crippen LogP contribution in [0.5, 0.6) is 0 Å². The molecule has 1 aromatic carbocycles. The minimum atomic E-state index is -0.730. The molecule has 8 heteroatoms. The van der Waals surface area contributed by atoms with E-state index in [1.54, 1.807) is 0 Å². The van der Waals surface area contributed by atoms with Gasteiger partial charge in [-0.3, -0.25) is 25.0 Å². The normalized spacial score (nSPS) is 29.4. The van der Waals surface area contributed by atoms with Gasteiger partial charge in [-0.15, -0.1) is 0 Å². The highest BCUT2D eigenvalue weighted by Crippen LogP contribution is 2.65. The molecule has 3 atom stereocenters. The van der Waals surface area contributed by atoms with Crippen molar-refractivity contribution in [2.45, 2.75) is 46.1 Å². The molecule has 0 heterocycles. The van der Waals surface area contributed by atoms with Gasteiger partial charge in [-0.25, -0.2) is 0 Å². The molecule has 0 aromatic heterocycles. The molecule has 134 valence electrons. The summed E-state index contributed by atoms with van der Waals surface area (Å²) in [5.41, 5.74) is -0.901. The van der Waals surface area contributed by atoms with Gasteiger partial charge in [-0.05, 0) is 36.0 Å². The lowest BCUT2D eigenvalue weighted by Gasteiger charge is -2.39. The average Bonchev–Trinajstić information content (AvgIpc) is 2.87. The lowest BCUT2D eigenvalue weighted by molar-refractivity contribution is -0.394. The standard InChI is InChI=1S/C17H21N3O5/c1-16(2)11-4-5-17(16,3)14(8-11)18-15(21)10-6-12(19(22)23)9-13(7-10)20(24)25/h6-7,9,11,14H,4-5,8H2,1-3H3,(H,18,21)/t11-,14-,17+/m1/s1. The van der Waals surface area contributed by atoms with Crippen LogP contribution in [0.1, 0.15) is 50.4 Å². The fourth-order valence-electron chi connectivity index (χ4n) is 4.60. The first kappa shape index (κ1) is 17.3. The quantitative estimate of drug-likeness (QED) is 0.661. The summed E-state index contributed by atoms with van der Waals surface area (Å²) in [4.78, 5) is 33.1. The van der Waals surface area contributed by atoms with Crippen molar-refractivity contribution < 1.29 is 14.6 Å². The van der Waals surface area contributed by atoms with Crippen LogP contribution >= 0.6 is 0 Å². The number of nitrogens with zero attached hydrogens (tertiary/aromatic N) is 2. The molecule has 25 heavy (non-hydrogen) atoms. The second-order valence-corrected chi connectivity index (χ2v) is 7.89. The number of hydrogen-bond donors (Lipinski definition) is 1. The van der Waals surface area contributed by atoms with E-state index in [0.717, 1.165) is 37.5 Å². The predicted molar refractivity (Wildman–Crippen MR) is 90.2 cm³/mol. The van der Waals surface area contributed by atoms with Gasteiger partial charge in [0.25, 0.3) is 17.3 Å². The van der Waals surface area contributed by atoms with Crippen molar-refractivity contribution in [3.8, 4) is 0 Å². The highest BCUT2D eigenvalue weighted by Gasteiger charge is 2.61. The number of carbonyl (C=O) groups excluding carboxylic acids is 1. The first-order valence-corrected chi connectivity index (χ1v) is 8.31. The van der Waals surface area contributed by atoms with Crippen molar-refractivity contribution in [1.29, 1.82) is 0 Å². The van der Waals surface area contributed by atoms with Gasteiger partial charge in [-0.2, -0.15) is 0 Å². The molecule has 2 aliphatic rings. The van der Waals surface area contributed by atoms with Crippen molar-refractivity contribution in [1.82, 2.24) is 5.32 Å². The molecule has 1 amide bonds. The Labute approximate surface area is 144 Å². The van der Waals surface area contributed by atoms with Crippen molar-refractivity contribution >= 4 is 17.3 Å². The fraction of sp³-hybridized carbons (Fsp3) is 0.588. The van der Waals surface area contributed by atoms with Crippen LogP contribution in [0.25, 0.3) is 0 Å². The largest absolute Gasteiger partial charge is 0.349 e. The Bertz CT molecular complexity index is 743. The van der Waals surface area contributed by atoms with Gasteiger partial charge in [0.15, 0.2) is 0 Å². The second-order valence-electron chi connectivity index (χ2n) is 7.89. The molecule has 0 unspecified atom stereocenters. The number of fused-ring (bicyclic) bond motifs is 2. The molecular weight excluding hydrogens is 326 g/mol. The number of nitro groups is 2. The monoisotopic (exact) mass is 347 g/mol. The molecule has 0 saturated heterocycles. The van der Waals surface area contributed by atoms with E-state index in [-0.39, 0.29) is 22.4 Å². The fourth-order valence-corrected chi connectivity index (χ4v) is 4.60. The van der Waals surface area contributed by atoms with Gasteiger partial charge in [0, 0.05) is 18.2 Å². The number of carbonyl (C=O) groups is 1.